The summed E-state index contributed by atoms with van der Waals surface area (Å²) in [6, 6.07) is 4.53. The van der Waals surface area contributed by atoms with Gasteiger partial charge in [-0.2, -0.15) is 0 Å². The van der Waals surface area contributed by atoms with Crippen LogP contribution in [-0.2, 0) is 6.42 Å². The van der Waals surface area contributed by atoms with Crippen molar-refractivity contribution in [3.63, 3.8) is 0 Å². The summed E-state index contributed by atoms with van der Waals surface area (Å²) in [5, 5.41) is 3.58. The van der Waals surface area contributed by atoms with Gasteiger partial charge in [0.1, 0.15) is 0 Å². The lowest BCUT2D eigenvalue weighted by Crippen LogP contribution is -2.02. The molecule has 2 rings (SSSR count). The van der Waals surface area contributed by atoms with Crippen LogP contribution in [-0.4, -0.2) is 6.54 Å². The second kappa shape index (κ2) is 4.33. The fraction of sp³-hybridized carbons (Fsp3) is 0.385. The predicted octanol–water partition coefficient (Wildman–Crippen LogP) is 3.41. The maximum absolute atomic E-state index is 5.57. The molecular formula is C13H17NS. The number of benzene rings is 1. The van der Waals surface area contributed by atoms with Crippen LogP contribution < -0.4 is 5.73 Å². The van der Waals surface area contributed by atoms with E-state index < -0.39 is 0 Å². The maximum Gasteiger partial charge on any atom is 0.0348 e. The quantitative estimate of drug-likeness (QED) is 0.841. The summed E-state index contributed by atoms with van der Waals surface area (Å²) >= 11 is 1.82. The van der Waals surface area contributed by atoms with Crippen LogP contribution in [0, 0.1) is 13.8 Å². The molecule has 2 aromatic rings. The van der Waals surface area contributed by atoms with Crippen molar-refractivity contribution < 1.29 is 0 Å². The molecule has 0 fully saturated rings. The lowest BCUT2D eigenvalue weighted by atomic mass is 9.96. The first kappa shape index (κ1) is 10.7. The van der Waals surface area contributed by atoms with E-state index in [2.05, 4.69) is 31.4 Å². The van der Waals surface area contributed by atoms with E-state index in [1.54, 1.807) is 0 Å². The van der Waals surface area contributed by atoms with Gasteiger partial charge in [0.05, 0.1) is 0 Å². The van der Waals surface area contributed by atoms with Crippen molar-refractivity contribution in [2.45, 2.75) is 26.7 Å². The van der Waals surface area contributed by atoms with Gasteiger partial charge < -0.3 is 5.73 Å². The summed E-state index contributed by atoms with van der Waals surface area (Å²) in [7, 11) is 0. The predicted molar refractivity (Wildman–Crippen MR) is 68.7 cm³/mol. The highest BCUT2D eigenvalue weighted by atomic mass is 32.1. The monoisotopic (exact) mass is 219 g/mol. The van der Waals surface area contributed by atoms with Gasteiger partial charge in [-0.25, -0.2) is 0 Å². The van der Waals surface area contributed by atoms with Crippen molar-refractivity contribution in [2.75, 3.05) is 6.54 Å². The third-order valence-corrected chi connectivity index (χ3v) is 3.87. The molecule has 0 amide bonds. The summed E-state index contributed by atoms with van der Waals surface area (Å²) in [4.78, 5) is 0. The van der Waals surface area contributed by atoms with Gasteiger partial charge in [0.15, 0.2) is 0 Å². The van der Waals surface area contributed by atoms with Gasteiger partial charge in [0.25, 0.3) is 0 Å². The molecule has 0 atom stereocenters. The number of fused-ring (bicyclic) bond motifs is 1. The third kappa shape index (κ3) is 1.92. The van der Waals surface area contributed by atoms with Gasteiger partial charge in [-0.1, -0.05) is 0 Å². The van der Waals surface area contributed by atoms with E-state index in [4.69, 9.17) is 5.73 Å². The van der Waals surface area contributed by atoms with Crippen molar-refractivity contribution in [3.05, 3.63) is 34.2 Å². The summed E-state index contributed by atoms with van der Waals surface area (Å²) in [6.07, 6.45) is 2.19. The van der Waals surface area contributed by atoms with Crippen LogP contribution in [0.2, 0.25) is 0 Å². The van der Waals surface area contributed by atoms with E-state index in [0.29, 0.717) is 0 Å². The van der Waals surface area contributed by atoms with Gasteiger partial charge >= 0.3 is 0 Å². The average molecular weight is 219 g/mol. The second-order valence-corrected chi connectivity index (χ2v) is 4.97. The lowest BCUT2D eigenvalue weighted by molar-refractivity contribution is 0.824. The highest BCUT2D eigenvalue weighted by molar-refractivity contribution is 7.17. The van der Waals surface area contributed by atoms with E-state index in [9.17, 15) is 0 Å². The normalized spacial score (nSPS) is 11.1. The Balaban J connectivity index is 2.52. The Kier molecular flexibility index (Phi) is 3.08. The van der Waals surface area contributed by atoms with Gasteiger partial charge in [0.2, 0.25) is 0 Å². The molecule has 0 spiro atoms. The van der Waals surface area contributed by atoms with Gasteiger partial charge in [-0.05, 0) is 72.8 Å². The molecule has 0 bridgehead atoms. The molecule has 0 aliphatic heterocycles. The lowest BCUT2D eigenvalue weighted by Gasteiger charge is -2.10. The van der Waals surface area contributed by atoms with Crippen LogP contribution in [0.4, 0.5) is 0 Å². The van der Waals surface area contributed by atoms with Crippen LogP contribution in [0.15, 0.2) is 17.5 Å². The molecule has 1 nitrogen and oxygen atoms in total. The van der Waals surface area contributed by atoms with E-state index in [1.807, 2.05) is 11.3 Å². The molecule has 1 aromatic heterocycles. The number of hydrogen-bond acceptors (Lipinski definition) is 2. The summed E-state index contributed by atoms with van der Waals surface area (Å²) < 4.78 is 1.40. The topological polar surface area (TPSA) is 26.0 Å². The molecule has 2 heteroatoms. The van der Waals surface area contributed by atoms with E-state index in [1.165, 1.54) is 26.8 Å². The molecule has 15 heavy (non-hydrogen) atoms. The van der Waals surface area contributed by atoms with Crippen molar-refractivity contribution >= 4 is 21.4 Å². The minimum atomic E-state index is 0.778. The number of rotatable bonds is 3. The summed E-state index contributed by atoms with van der Waals surface area (Å²) in [5.41, 5.74) is 9.92. The van der Waals surface area contributed by atoms with Gasteiger partial charge in [0, 0.05) is 4.70 Å². The molecule has 0 aliphatic carbocycles. The highest BCUT2D eigenvalue weighted by Gasteiger charge is 2.07. The molecule has 0 saturated carbocycles. The Bertz CT molecular complexity index is 471. The number of aryl methyl sites for hydroxylation is 2. The fourth-order valence-electron chi connectivity index (χ4n) is 2.15. The first-order valence-corrected chi connectivity index (χ1v) is 6.28. The van der Waals surface area contributed by atoms with E-state index in [-0.39, 0.29) is 0 Å². The Morgan fingerprint density at radius 1 is 1.33 bits per heavy atom. The molecule has 0 radical (unpaired) electrons. The Labute approximate surface area is 94.9 Å². The Morgan fingerprint density at radius 2 is 2.13 bits per heavy atom. The molecule has 1 heterocycles. The Hall–Kier alpha value is -0.860. The van der Waals surface area contributed by atoms with Crippen LogP contribution in [0.3, 0.4) is 0 Å². The van der Waals surface area contributed by atoms with Crippen molar-refractivity contribution in [1.82, 2.24) is 0 Å². The minimum absolute atomic E-state index is 0.778. The number of nitrogens with two attached hydrogens (primary N) is 1. The maximum atomic E-state index is 5.57. The zero-order valence-corrected chi connectivity index (χ0v) is 10.2. The molecule has 1 aromatic carbocycles. The summed E-state index contributed by atoms with van der Waals surface area (Å²) in [6.45, 7) is 5.21. The second-order valence-electron chi connectivity index (χ2n) is 4.02. The zero-order chi connectivity index (χ0) is 10.8. The minimum Gasteiger partial charge on any atom is -0.330 e. The van der Waals surface area contributed by atoms with Crippen LogP contribution >= 0.6 is 11.3 Å². The van der Waals surface area contributed by atoms with Crippen LogP contribution in [0.1, 0.15) is 23.1 Å². The average Bonchev–Trinajstić information content (AvgIpc) is 2.65. The van der Waals surface area contributed by atoms with Crippen molar-refractivity contribution in [2.24, 2.45) is 5.73 Å². The third-order valence-electron chi connectivity index (χ3n) is 3.01. The van der Waals surface area contributed by atoms with Crippen molar-refractivity contribution in [1.29, 1.82) is 0 Å². The van der Waals surface area contributed by atoms with Crippen LogP contribution in [0.5, 0.6) is 0 Å². The SMILES string of the molecule is Cc1cc2sccc2c(C)c1CCCN. The molecule has 80 valence electrons. The fourth-order valence-corrected chi connectivity index (χ4v) is 3.09. The molecule has 2 N–H and O–H groups in total. The van der Waals surface area contributed by atoms with Crippen LogP contribution in [0.25, 0.3) is 10.1 Å². The molecular weight excluding hydrogens is 202 g/mol. The first-order chi connectivity index (χ1) is 7.24. The molecule has 0 saturated heterocycles. The molecule has 0 unspecified atom stereocenters. The van der Waals surface area contributed by atoms with E-state index in [0.717, 1.165) is 19.4 Å². The van der Waals surface area contributed by atoms with E-state index >= 15 is 0 Å². The number of hydrogen-bond donors (Lipinski definition) is 1. The van der Waals surface area contributed by atoms with Crippen molar-refractivity contribution in [3.8, 4) is 0 Å². The Morgan fingerprint density at radius 3 is 2.87 bits per heavy atom. The zero-order valence-electron chi connectivity index (χ0n) is 9.34. The first-order valence-electron chi connectivity index (χ1n) is 5.40. The standard InChI is InChI=1S/C13H17NS/c1-9-8-13-12(5-7-15-13)10(2)11(9)4-3-6-14/h5,7-8H,3-4,6,14H2,1-2H3. The smallest absolute Gasteiger partial charge is 0.0348 e. The molecule has 0 aliphatic rings. The summed E-state index contributed by atoms with van der Waals surface area (Å²) in [5.74, 6) is 0. The van der Waals surface area contributed by atoms with Gasteiger partial charge in [-0.15, -0.1) is 11.3 Å². The largest absolute Gasteiger partial charge is 0.330 e. The highest BCUT2D eigenvalue weighted by Crippen LogP contribution is 2.29. The van der Waals surface area contributed by atoms with Gasteiger partial charge in [-0.3, -0.25) is 0 Å². The number of thiophene rings is 1.